The van der Waals surface area contributed by atoms with Gasteiger partial charge in [-0.15, -0.1) is 0 Å². The van der Waals surface area contributed by atoms with E-state index in [-0.39, 0.29) is 6.10 Å². The number of hydrogen-bond donors (Lipinski definition) is 0. The van der Waals surface area contributed by atoms with Gasteiger partial charge in [0.2, 0.25) is 0 Å². The Morgan fingerprint density at radius 1 is 1.35 bits per heavy atom. The van der Waals surface area contributed by atoms with Crippen LogP contribution in [0.5, 0.6) is 0 Å². The highest BCUT2D eigenvalue weighted by Gasteiger charge is 2.30. The molecule has 0 N–H and O–H groups in total. The maximum Gasteiger partial charge on any atom is 0.328 e. The largest absolute Gasteiger partial charge is 0.494 e. The van der Waals surface area contributed by atoms with Crippen LogP contribution in [0.3, 0.4) is 0 Å². The van der Waals surface area contributed by atoms with Crippen molar-refractivity contribution in [1.82, 2.24) is 4.90 Å². The Bertz CT molecular complexity index is 402. The van der Waals surface area contributed by atoms with Crippen LogP contribution in [0.1, 0.15) is 12.8 Å². The molecule has 2 rings (SSSR count). The first kappa shape index (κ1) is 11.9. The van der Waals surface area contributed by atoms with Crippen molar-refractivity contribution < 1.29 is 14.3 Å². The molecule has 0 aromatic rings. The Morgan fingerprint density at radius 2 is 2.06 bits per heavy atom. The van der Waals surface area contributed by atoms with Gasteiger partial charge >= 0.3 is 5.71 Å². The van der Waals surface area contributed by atoms with Crippen molar-refractivity contribution in [3.8, 4) is 0 Å². The smallest absolute Gasteiger partial charge is 0.328 e. The minimum Gasteiger partial charge on any atom is -0.494 e. The molecule has 1 aliphatic carbocycles. The second-order valence-corrected chi connectivity index (χ2v) is 4.14. The minimum absolute atomic E-state index is 0.311. The standard InChI is InChI=1S/C12H17N3O2/c1-16-11-8-10(15-5-3-4-6-15)12(17-2)7-9(11)14-13/h7-8,11H,3-6H2,1-2H3. The molecule has 1 saturated heterocycles. The molecule has 0 radical (unpaired) electrons. The second kappa shape index (κ2) is 5.17. The molecule has 0 aromatic carbocycles. The quantitative estimate of drug-likeness (QED) is 0.545. The summed E-state index contributed by atoms with van der Waals surface area (Å²) in [5.41, 5.74) is 10.4. The van der Waals surface area contributed by atoms with Gasteiger partial charge in [-0.3, -0.25) is 0 Å². The predicted octanol–water partition coefficient (Wildman–Crippen LogP) is 1.20. The molecule has 5 nitrogen and oxygen atoms in total. The fourth-order valence-corrected chi connectivity index (χ4v) is 2.26. The summed E-state index contributed by atoms with van der Waals surface area (Å²) in [6.45, 7) is 2.07. The van der Waals surface area contributed by atoms with E-state index in [4.69, 9.17) is 15.0 Å². The van der Waals surface area contributed by atoms with Gasteiger partial charge in [0, 0.05) is 20.2 Å². The van der Waals surface area contributed by atoms with Gasteiger partial charge in [-0.1, -0.05) is 0 Å². The molecule has 92 valence electrons. The van der Waals surface area contributed by atoms with Crippen LogP contribution in [0.2, 0.25) is 0 Å². The lowest BCUT2D eigenvalue weighted by atomic mass is 10.0. The molecule has 1 fully saturated rings. The van der Waals surface area contributed by atoms with Crippen LogP contribution < -0.4 is 0 Å². The first-order valence-electron chi connectivity index (χ1n) is 5.77. The van der Waals surface area contributed by atoms with Crippen LogP contribution in [0.25, 0.3) is 5.53 Å². The third kappa shape index (κ3) is 2.25. The molecule has 17 heavy (non-hydrogen) atoms. The van der Waals surface area contributed by atoms with Crippen LogP contribution >= 0.6 is 0 Å². The maximum atomic E-state index is 8.92. The molecule has 1 heterocycles. The van der Waals surface area contributed by atoms with Gasteiger partial charge in [0.1, 0.15) is 5.76 Å². The van der Waals surface area contributed by atoms with E-state index in [0.717, 1.165) is 24.5 Å². The molecule has 5 heteroatoms. The fourth-order valence-electron chi connectivity index (χ4n) is 2.26. The summed E-state index contributed by atoms with van der Waals surface area (Å²) in [6.07, 6.45) is 5.76. The van der Waals surface area contributed by atoms with Crippen molar-refractivity contribution in [2.24, 2.45) is 0 Å². The molecule has 0 amide bonds. The first-order valence-corrected chi connectivity index (χ1v) is 5.77. The topological polar surface area (TPSA) is 58.1 Å². The average Bonchev–Trinajstić information content (AvgIpc) is 2.90. The number of ether oxygens (including phenoxy) is 2. The molecular weight excluding hydrogens is 218 g/mol. The lowest BCUT2D eigenvalue weighted by Gasteiger charge is -2.26. The average molecular weight is 235 g/mol. The van der Waals surface area contributed by atoms with E-state index in [1.165, 1.54) is 12.8 Å². The van der Waals surface area contributed by atoms with Gasteiger partial charge in [0.25, 0.3) is 0 Å². The Kier molecular flexibility index (Phi) is 3.61. The third-order valence-corrected chi connectivity index (χ3v) is 3.17. The zero-order chi connectivity index (χ0) is 12.3. The zero-order valence-electron chi connectivity index (χ0n) is 10.2. The second-order valence-electron chi connectivity index (χ2n) is 4.14. The summed E-state index contributed by atoms with van der Waals surface area (Å²) in [4.78, 5) is 5.50. The van der Waals surface area contributed by atoms with Crippen molar-refractivity contribution in [2.45, 2.75) is 18.9 Å². The molecule has 0 saturated carbocycles. The lowest BCUT2D eigenvalue weighted by Crippen LogP contribution is -2.30. The van der Waals surface area contributed by atoms with Crippen LogP contribution in [-0.4, -0.2) is 48.8 Å². The number of methoxy groups -OCH3 is 2. The predicted molar refractivity (Wildman–Crippen MR) is 63.4 cm³/mol. The van der Waals surface area contributed by atoms with Crippen LogP contribution in [0.4, 0.5) is 0 Å². The highest BCUT2D eigenvalue weighted by molar-refractivity contribution is 5.97. The monoisotopic (exact) mass is 235 g/mol. The van der Waals surface area contributed by atoms with E-state index in [1.807, 2.05) is 6.08 Å². The van der Waals surface area contributed by atoms with Gasteiger partial charge in [-0.2, -0.15) is 4.79 Å². The van der Waals surface area contributed by atoms with E-state index in [2.05, 4.69) is 9.69 Å². The molecule has 0 spiro atoms. The van der Waals surface area contributed by atoms with Gasteiger partial charge < -0.3 is 19.9 Å². The minimum atomic E-state index is -0.311. The third-order valence-electron chi connectivity index (χ3n) is 3.17. The van der Waals surface area contributed by atoms with Crippen LogP contribution in [0, 0.1) is 0 Å². The first-order chi connectivity index (χ1) is 8.30. The van der Waals surface area contributed by atoms with E-state index in [9.17, 15) is 0 Å². The van der Waals surface area contributed by atoms with Gasteiger partial charge in [-0.05, 0) is 18.9 Å². The Labute approximate surface area is 101 Å². The number of hydrogen-bond acceptors (Lipinski definition) is 3. The van der Waals surface area contributed by atoms with Crippen LogP contribution in [0.15, 0.2) is 23.6 Å². The lowest BCUT2D eigenvalue weighted by molar-refractivity contribution is -0.0192. The number of likely N-dealkylation sites (tertiary alicyclic amines) is 1. The SMILES string of the molecule is COC1=CC(=[N+]=[N-])C(OC)C=C1N1CCCC1. The Balaban J connectivity index is 2.31. The summed E-state index contributed by atoms with van der Waals surface area (Å²) < 4.78 is 10.6. The highest BCUT2D eigenvalue weighted by atomic mass is 16.5. The van der Waals surface area contributed by atoms with E-state index in [1.54, 1.807) is 20.3 Å². The van der Waals surface area contributed by atoms with Crippen molar-refractivity contribution in [3.63, 3.8) is 0 Å². The Hall–Kier alpha value is -1.58. The molecule has 2 aliphatic rings. The number of nitrogens with zero attached hydrogens (tertiary/aromatic N) is 3. The van der Waals surface area contributed by atoms with Crippen molar-refractivity contribution in [3.05, 3.63) is 29.1 Å². The van der Waals surface area contributed by atoms with Crippen molar-refractivity contribution in [1.29, 1.82) is 0 Å². The van der Waals surface area contributed by atoms with Gasteiger partial charge in [0.05, 0.1) is 18.9 Å². The Morgan fingerprint density at radius 3 is 2.59 bits per heavy atom. The van der Waals surface area contributed by atoms with Crippen molar-refractivity contribution in [2.75, 3.05) is 27.3 Å². The zero-order valence-corrected chi connectivity index (χ0v) is 10.2. The molecule has 1 unspecified atom stereocenters. The maximum absolute atomic E-state index is 8.92. The van der Waals surface area contributed by atoms with E-state index >= 15 is 0 Å². The summed E-state index contributed by atoms with van der Waals surface area (Å²) in [5.74, 6) is 0.730. The summed E-state index contributed by atoms with van der Waals surface area (Å²) in [7, 11) is 3.22. The normalized spacial score (nSPS) is 24.2. The van der Waals surface area contributed by atoms with Crippen molar-refractivity contribution >= 4 is 5.71 Å². The summed E-state index contributed by atoms with van der Waals surface area (Å²) in [6, 6.07) is 0. The fraction of sp³-hybridized carbons (Fsp3) is 0.583. The highest BCUT2D eigenvalue weighted by Crippen LogP contribution is 2.25. The number of rotatable bonds is 3. The molecule has 0 bridgehead atoms. The summed E-state index contributed by atoms with van der Waals surface area (Å²) in [5, 5.41) is 0. The van der Waals surface area contributed by atoms with E-state index in [0.29, 0.717) is 5.71 Å². The summed E-state index contributed by atoms with van der Waals surface area (Å²) >= 11 is 0. The van der Waals surface area contributed by atoms with Crippen LogP contribution in [-0.2, 0) is 9.47 Å². The molecule has 1 atom stereocenters. The molecule has 1 aliphatic heterocycles. The molecule has 0 aromatic heterocycles. The van der Waals surface area contributed by atoms with Gasteiger partial charge in [-0.25, -0.2) is 0 Å². The molecular formula is C12H17N3O2. The van der Waals surface area contributed by atoms with Gasteiger partial charge in [0.15, 0.2) is 6.10 Å². The van der Waals surface area contributed by atoms with E-state index < -0.39 is 0 Å².